The average Bonchev–Trinajstić information content (AvgIpc) is 2.85. The third-order valence-electron chi connectivity index (χ3n) is 2.16. The Labute approximate surface area is 88.1 Å². The monoisotopic (exact) mass is 204 g/mol. The van der Waals surface area contributed by atoms with Crippen LogP contribution in [-0.2, 0) is 6.54 Å². The van der Waals surface area contributed by atoms with E-state index in [4.69, 9.17) is 0 Å². The first-order valence-corrected chi connectivity index (χ1v) is 4.80. The largest absolute Gasteiger partial charge is 0.336 e. The summed E-state index contributed by atoms with van der Waals surface area (Å²) in [6.45, 7) is 2.59. The van der Waals surface area contributed by atoms with Gasteiger partial charge < -0.3 is 14.8 Å². The standard InChI is InChI=1S/C10H12N4O/c15-10-12-4-8-14(10)6-2-1-5-13-7-3-11-9-13/h3,7,9H,4-6,8H2,(H,12,15). The van der Waals surface area contributed by atoms with E-state index in [2.05, 4.69) is 22.1 Å². The van der Waals surface area contributed by atoms with Crippen molar-refractivity contribution >= 4 is 6.03 Å². The number of hydrogen-bond donors (Lipinski definition) is 1. The van der Waals surface area contributed by atoms with Gasteiger partial charge in [0, 0.05) is 25.5 Å². The second-order valence-electron chi connectivity index (χ2n) is 3.24. The van der Waals surface area contributed by atoms with Gasteiger partial charge in [0.05, 0.1) is 19.4 Å². The topological polar surface area (TPSA) is 50.2 Å². The van der Waals surface area contributed by atoms with Crippen LogP contribution in [0.15, 0.2) is 18.7 Å². The van der Waals surface area contributed by atoms with Gasteiger partial charge in [-0.25, -0.2) is 9.78 Å². The van der Waals surface area contributed by atoms with Crippen LogP contribution in [0, 0.1) is 11.8 Å². The molecule has 0 radical (unpaired) electrons. The number of carbonyl (C=O) groups excluding carboxylic acids is 1. The quantitative estimate of drug-likeness (QED) is 0.684. The maximum atomic E-state index is 11.1. The van der Waals surface area contributed by atoms with Gasteiger partial charge in [-0.05, 0) is 0 Å². The molecule has 0 aromatic carbocycles. The van der Waals surface area contributed by atoms with Gasteiger partial charge in [-0.3, -0.25) is 0 Å². The fourth-order valence-electron chi connectivity index (χ4n) is 1.34. The summed E-state index contributed by atoms with van der Waals surface area (Å²) >= 11 is 0. The molecule has 2 amide bonds. The van der Waals surface area contributed by atoms with E-state index in [1.54, 1.807) is 17.4 Å². The molecular formula is C10H12N4O. The molecule has 5 nitrogen and oxygen atoms in total. The van der Waals surface area contributed by atoms with Gasteiger partial charge in [0.25, 0.3) is 0 Å². The first-order chi connectivity index (χ1) is 7.36. The van der Waals surface area contributed by atoms with Gasteiger partial charge in [-0.2, -0.15) is 0 Å². The second kappa shape index (κ2) is 4.51. The molecule has 1 aromatic heterocycles. The lowest BCUT2D eigenvalue weighted by atomic mass is 10.5. The smallest absolute Gasteiger partial charge is 0.318 e. The van der Waals surface area contributed by atoms with Crippen molar-refractivity contribution in [1.82, 2.24) is 19.8 Å². The Morgan fingerprint density at radius 3 is 3.00 bits per heavy atom. The highest BCUT2D eigenvalue weighted by Crippen LogP contribution is 1.94. The molecule has 5 heteroatoms. The van der Waals surface area contributed by atoms with Crippen molar-refractivity contribution in [1.29, 1.82) is 0 Å². The number of rotatable bonds is 2. The molecule has 15 heavy (non-hydrogen) atoms. The van der Waals surface area contributed by atoms with Crippen LogP contribution in [0.3, 0.4) is 0 Å². The zero-order valence-corrected chi connectivity index (χ0v) is 8.31. The molecule has 0 saturated carbocycles. The average molecular weight is 204 g/mol. The molecule has 0 spiro atoms. The molecule has 1 N–H and O–H groups in total. The van der Waals surface area contributed by atoms with Crippen LogP contribution in [0.25, 0.3) is 0 Å². The van der Waals surface area contributed by atoms with Gasteiger partial charge in [0.2, 0.25) is 0 Å². The Balaban J connectivity index is 1.78. The number of hydrogen-bond acceptors (Lipinski definition) is 2. The number of nitrogens with zero attached hydrogens (tertiary/aromatic N) is 3. The summed E-state index contributed by atoms with van der Waals surface area (Å²) in [5.41, 5.74) is 0. The molecule has 1 aliphatic heterocycles. The van der Waals surface area contributed by atoms with Gasteiger partial charge in [0.15, 0.2) is 0 Å². The summed E-state index contributed by atoms with van der Waals surface area (Å²) < 4.78 is 1.89. The number of nitrogens with one attached hydrogen (secondary N) is 1. The molecule has 0 atom stereocenters. The van der Waals surface area contributed by atoms with Crippen LogP contribution >= 0.6 is 0 Å². The first-order valence-electron chi connectivity index (χ1n) is 4.80. The highest BCUT2D eigenvalue weighted by Gasteiger charge is 2.17. The zero-order chi connectivity index (χ0) is 10.5. The molecule has 2 rings (SSSR count). The van der Waals surface area contributed by atoms with E-state index in [0.717, 1.165) is 13.1 Å². The third kappa shape index (κ3) is 2.50. The van der Waals surface area contributed by atoms with E-state index in [1.165, 1.54) is 0 Å². The Morgan fingerprint density at radius 2 is 2.33 bits per heavy atom. The van der Waals surface area contributed by atoms with Crippen molar-refractivity contribution in [3.63, 3.8) is 0 Å². The number of urea groups is 1. The van der Waals surface area contributed by atoms with Crippen LogP contribution in [0.2, 0.25) is 0 Å². The Hall–Kier alpha value is -1.96. The maximum Gasteiger partial charge on any atom is 0.318 e. The molecule has 1 aromatic rings. The summed E-state index contributed by atoms with van der Waals surface area (Å²) in [4.78, 5) is 16.7. The lowest BCUT2D eigenvalue weighted by Crippen LogP contribution is -2.28. The molecule has 78 valence electrons. The molecular weight excluding hydrogens is 192 g/mol. The molecule has 0 bridgehead atoms. The number of amides is 2. The van der Waals surface area contributed by atoms with Crippen molar-refractivity contribution in [2.45, 2.75) is 6.54 Å². The Morgan fingerprint density at radius 1 is 1.47 bits per heavy atom. The highest BCUT2D eigenvalue weighted by atomic mass is 16.2. The minimum Gasteiger partial charge on any atom is -0.336 e. The predicted molar refractivity (Wildman–Crippen MR) is 55.0 cm³/mol. The van der Waals surface area contributed by atoms with Crippen molar-refractivity contribution in [2.24, 2.45) is 0 Å². The van der Waals surface area contributed by atoms with E-state index in [1.807, 2.05) is 10.8 Å². The van der Waals surface area contributed by atoms with Gasteiger partial charge in [-0.1, -0.05) is 11.8 Å². The van der Waals surface area contributed by atoms with Crippen molar-refractivity contribution in [3.8, 4) is 11.8 Å². The molecule has 0 aliphatic carbocycles. The molecule has 1 saturated heterocycles. The lowest BCUT2D eigenvalue weighted by Gasteiger charge is -2.08. The summed E-state index contributed by atoms with van der Waals surface area (Å²) in [6.07, 6.45) is 5.30. The maximum absolute atomic E-state index is 11.1. The lowest BCUT2D eigenvalue weighted by molar-refractivity contribution is 0.222. The van der Waals surface area contributed by atoms with Crippen LogP contribution in [0.4, 0.5) is 4.79 Å². The van der Waals surface area contributed by atoms with Crippen LogP contribution in [0.1, 0.15) is 0 Å². The predicted octanol–water partition coefficient (Wildman–Crippen LogP) is -0.0883. The first kappa shape index (κ1) is 9.59. The zero-order valence-electron chi connectivity index (χ0n) is 8.31. The molecule has 0 unspecified atom stereocenters. The Kier molecular flexibility index (Phi) is 2.88. The molecule has 1 aliphatic rings. The van der Waals surface area contributed by atoms with E-state index >= 15 is 0 Å². The van der Waals surface area contributed by atoms with Crippen molar-refractivity contribution < 1.29 is 4.79 Å². The third-order valence-corrected chi connectivity index (χ3v) is 2.16. The minimum atomic E-state index is -0.0214. The van der Waals surface area contributed by atoms with Crippen molar-refractivity contribution in [2.75, 3.05) is 19.6 Å². The number of imidazole rings is 1. The Bertz CT molecular complexity index is 387. The van der Waals surface area contributed by atoms with Crippen LogP contribution in [0.5, 0.6) is 0 Å². The highest BCUT2D eigenvalue weighted by molar-refractivity contribution is 5.76. The van der Waals surface area contributed by atoms with E-state index in [-0.39, 0.29) is 6.03 Å². The minimum absolute atomic E-state index is 0.0214. The fourth-order valence-corrected chi connectivity index (χ4v) is 1.34. The van der Waals surface area contributed by atoms with Crippen molar-refractivity contribution in [3.05, 3.63) is 18.7 Å². The molecule has 1 fully saturated rings. The van der Waals surface area contributed by atoms with Crippen LogP contribution in [-0.4, -0.2) is 40.1 Å². The summed E-state index contributed by atoms with van der Waals surface area (Å²) in [7, 11) is 0. The summed E-state index contributed by atoms with van der Waals surface area (Å²) in [5, 5.41) is 2.73. The molecule has 2 heterocycles. The van der Waals surface area contributed by atoms with Crippen LogP contribution < -0.4 is 5.32 Å². The number of carbonyl (C=O) groups is 1. The summed E-state index contributed by atoms with van der Waals surface area (Å²) in [5.74, 6) is 5.95. The van der Waals surface area contributed by atoms with Gasteiger partial charge in [-0.15, -0.1) is 0 Å². The fraction of sp³-hybridized carbons (Fsp3) is 0.400. The summed E-state index contributed by atoms with van der Waals surface area (Å²) in [6, 6.07) is -0.0214. The van der Waals surface area contributed by atoms with Gasteiger partial charge in [0.1, 0.15) is 0 Å². The SMILES string of the molecule is O=C1NCCN1CC#CCn1ccnc1. The van der Waals surface area contributed by atoms with E-state index in [9.17, 15) is 4.79 Å². The van der Waals surface area contributed by atoms with E-state index in [0.29, 0.717) is 13.1 Å². The second-order valence-corrected chi connectivity index (χ2v) is 3.24. The number of aromatic nitrogens is 2. The normalized spacial score (nSPS) is 14.7. The van der Waals surface area contributed by atoms with E-state index < -0.39 is 0 Å². The van der Waals surface area contributed by atoms with Gasteiger partial charge >= 0.3 is 6.03 Å².